The highest BCUT2D eigenvalue weighted by Gasteiger charge is 2.30. The van der Waals surface area contributed by atoms with Crippen molar-refractivity contribution in [1.29, 1.82) is 0 Å². The summed E-state index contributed by atoms with van der Waals surface area (Å²) in [5, 5.41) is 0. The van der Waals surface area contributed by atoms with Crippen LogP contribution in [0.3, 0.4) is 0 Å². The van der Waals surface area contributed by atoms with Crippen molar-refractivity contribution < 1.29 is 13.2 Å². The third-order valence-electron chi connectivity index (χ3n) is 2.18. The summed E-state index contributed by atoms with van der Waals surface area (Å²) in [4.78, 5) is 11.7. The van der Waals surface area contributed by atoms with Crippen molar-refractivity contribution in [3.05, 3.63) is 27.3 Å². The lowest BCUT2D eigenvalue weighted by Gasteiger charge is -2.15. The van der Waals surface area contributed by atoms with Crippen molar-refractivity contribution in [2.75, 3.05) is 5.75 Å². The third-order valence-corrected chi connectivity index (χ3v) is 5.24. The summed E-state index contributed by atoms with van der Waals surface area (Å²) in [5.74, 6) is -0.132. The molecule has 1 aromatic carbocycles. The summed E-state index contributed by atoms with van der Waals surface area (Å²) in [6, 6.07) is 4.99. The highest BCUT2D eigenvalue weighted by molar-refractivity contribution is 14.1. The summed E-state index contributed by atoms with van der Waals surface area (Å²) < 4.78 is 24.0. The van der Waals surface area contributed by atoms with E-state index in [1.165, 1.54) is 0 Å². The maximum atomic E-state index is 11.7. The number of fused-ring (bicyclic) bond motifs is 1. The van der Waals surface area contributed by atoms with Gasteiger partial charge in [0.2, 0.25) is 0 Å². The highest BCUT2D eigenvalue weighted by atomic mass is 127. The first kappa shape index (κ1) is 10.1. The average Bonchev–Trinajstić information content (AvgIpc) is 2.12. The molecule has 14 heavy (non-hydrogen) atoms. The Kier molecular flexibility index (Phi) is 2.38. The summed E-state index contributed by atoms with van der Waals surface area (Å²) in [6.45, 7) is 0. The van der Waals surface area contributed by atoms with Gasteiger partial charge in [0.15, 0.2) is 15.6 Å². The van der Waals surface area contributed by atoms with Crippen LogP contribution in [0.25, 0.3) is 0 Å². The molecule has 0 saturated carbocycles. The number of hydrogen-bond donors (Lipinski definition) is 0. The maximum Gasteiger partial charge on any atom is 0.180 e. The molecule has 0 N–H and O–H groups in total. The molecule has 0 saturated heterocycles. The summed E-state index contributed by atoms with van der Waals surface area (Å²) in [7, 11) is -3.23. The predicted octanol–water partition coefficient (Wildman–Crippen LogP) is 1.65. The molecule has 0 aliphatic carbocycles. The Bertz CT molecular complexity index is 505. The summed E-state index contributed by atoms with van der Waals surface area (Å²) in [6.07, 6.45) is 0.107. The quantitative estimate of drug-likeness (QED) is 0.683. The van der Waals surface area contributed by atoms with Crippen LogP contribution in [0.1, 0.15) is 16.8 Å². The Labute approximate surface area is 95.6 Å². The van der Waals surface area contributed by atoms with E-state index in [-0.39, 0.29) is 22.9 Å². The summed E-state index contributed by atoms with van der Waals surface area (Å²) >= 11 is 1.95. The number of hydrogen-bond acceptors (Lipinski definition) is 3. The van der Waals surface area contributed by atoms with Crippen LogP contribution in [0.4, 0.5) is 0 Å². The Morgan fingerprint density at radius 2 is 2.00 bits per heavy atom. The number of ketones is 1. The zero-order valence-corrected chi connectivity index (χ0v) is 10.1. The first-order valence-corrected chi connectivity index (χ1v) is 6.80. The van der Waals surface area contributed by atoms with Crippen molar-refractivity contribution in [3.8, 4) is 0 Å². The van der Waals surface area contributed by atoms with Gasteiger partial charge >= 0.3 is 0 Å². The maximum absolute atomic E-state index is 11.7. The number of sulfone groups is 1. The molecule has 1 aliphatic heterocycles. The van der Waals surface area contributed by atoms with Gasteiger partial charge in [0.1, 0.15) is 0 Å². The van der Waals surface area contributed by atoms with E-state index in [0.29, 0.717) is 9.13 Å². The molecule has 1 heterocycles. The molecule has 1 aliphatic rings. The molecule has 0 radical (unpaired) electrons. The number of carbonyl (C=O) groups excluding carboxylic acids is 1. The van der Waals surface area contributed by atoms with E-state index >= 15 is 0 Å². The molecular formula is C9H7IO3S. The average molecular weight is 322 g/mol. The standard InChI is InChI=1S/C9H7IO3S/c10-7-3-1-2-6-8(11)4-5-14(12,13)9(6)7/h1-3H,4-5H2. The van der Waals surface area contributed by atoms with Gasteiger partial charge in [-0.05, 0) is 28.7 Å². The lowest BCUT2D eigenvalue weighted by atomic mass is 10.1. The number of halogens is 1. The minimum absolute atomic E-state index is 0.0567. The molecule has 0 aromatic heterocycles. The van der Waals surface area contributed by atoms with Crippen LogP contribution in [0.5, 0.6) is 0 Å². The Hall–Kier alpha value is -0.430. The first-order chi connectivity index (χ1) is 6.52. The van der Waals surface area contributed by atoms with Crippen LogP contribution < -0.4 is 0 Å². The van der Waals surface area contributed by atoms with Gasteiger partial charge in [-0.2, -0.15) is 0 Å². The van der Waals surface area contributed by atoms with Gasteiger partial charge in [0.05, 0.1) is 10.6 Å². The van der Waals surface area contributed by atoms with E-state index in [1.54, 1.807) is 18.2 Å². The highest BCUT2D eigenvalue weighted by Crippen LogP contribution is 2.28. The predicted molar refractivity (Wildman–Crippen MR) is 60.2 cm³/mol. The molecule has 0 unspecified atom stereocenters. The van der Waals surface area contributed by atoms with Crippen molar-refractivity contribution >= 4 is 38.2 Å². The van der Waals surface area contributed by atoms with Gasteiger partial charge in [-0.25, -0.2) is 8.42 Å². The van der Waals surface area contributed by atoms with Crippen LogP contribution in [0.2, 0.25) is 0 Å². The van der Waals surface area contributed by atoms with Crippen molar-refractivity contribution in [3.63, 3.8) is 0 Å². The fraction of sp³-hybridized carbons (Fsp3) is 0.222. The molecule has 0 fully saturated rings. The number of benzene rings is 1. The van der Waals surface area contributed by atoms with E-state index in [1.807, 2.05) is 22.6 Å². The second-order valence-corrected chi connectivity index (χ2v) is 6.32. The van der Waals surface area contributed by atoms with Crippen molar-refractivity contribution in [1.82, 2.24) is 0 Å². The molecule has 0 amide bonds. The third kappa shape index (κ3) is 1.48. The Balaban J connectivity index is 2.83. The minimum atomic E-state index is -3.23. The molecule has 1 aromatic rings. The second kappa shape index (κ2) is 3.30. The number of rotatable bonds is 0. The second-order valence-electron chi connectivity index (χ2n) is 3.11. The smallest absolute Gasteiger partial charge is 0.180 e. The van der Waals surface area contributed by atoms with Crippen LogP contribution in [0, 0.1) is 3.57 Å². The normalized spacial score (nSPS) is 19.1. The summed E-state index contributed by atoms with van der Waals surface area (Å²) in [5.41, 5.74) is 0.350. The molecule has 5 heteroatoms. The van der Waals surface area contributed by atoms with Crippen molar-refractivity contribution in [2.24, 2.45) is 0 Å². The zero-order valence-electron chi connectivity index (χ0n) is 7.16. The van der Waals surface area contributed by atoms with E-state index in [4.69, 9.17) is 0 Å². The van der Waals surface area contributed by atoms with Crippen molar-refractivity contribution in [2.45, 2.75) is 11.3 Å². The Morgan fingerprint density at radius 3 is 2.64 bits per heavy atom. The molecule has 0 atom stereocenters. The SMILES string of the molecule is O=C1CCS(=O)(=O)c2c(I)cccc21. The molecule has 0 bridgehead atoms. The fourth-order valence-electron chi connectivity index (χ4n) is 1.51. The van der Waals surface area contributed by atoms with E-state index in [0.717, 1.165) is 0 Å². The zero-order chi connectivity index (χ0) is 10.3. The van der Waals surface area contributed by atoms with Crippen LogP contribution >= 0.6 is 22.6 Å². The number of carbonyl (C=O) groups is 1. The van der Waals surface area contributed by atoms with E-state index < -0.39 is 9.84 Å². The van der Waals surface area contributed by atoms with Gasteiger partial charge in [0.25, 0.3) is 0 Å². The van der Waals surface area contributed by atoms with E-state index in [9.17, 15) is 13.2 Å². The van der Waals surface area contributed by atoms with Crippen LogP contribution in [-0.4, -0.2) is 20.0 Å². The minimum Gasteiger partial charge on any atom is -0.294 e. The lowest BCUT2D eigenvalue weighted by molar-refractivity contribution is 0.0983. The van der Waals surface area contributed by atoms with Gasteiger partial charge in [-0.1, -0.05) is 12.1 Å². The molecule has 74 valence electrons. The van der Waals surface area contributed by atoms with Crippen LogP contribution in [-0.2, 0) is 9.84 Å². The molecule has 3 nitrogen and oxygen atoms in total. The largest absolute Gasteiger partial charge is 0.294 e. The monoisotopic (exact) mass is 322 g/mol. The molecule has 2 rings (SSSR count). The molecule has 0 spiro atoms. The molecular weight excluding hydrogens is 315 g/mol. The fourth-order valence-corrected chi connectivity index (χ4v) is 4.55. The van der Waals surface area contributed by atoms with Gasteiger partial charge in [-0.15, -0.1) is 0 Å². The Morgan fingerprint density at radius 1 is 1.29 bits per heavy atom. The lowest BCUT2D eigenvalue weighted by Crippen LogP contribution is -2.22. The van der Waals surface area contributed by atoms with Gasteiger partial charge in [-0.3, -0.25) is 4.79 Å². The van der Waals surface area contributed by atoms with Gasteiger partial charge in [0, 0.05) is 15.6 Å². The topological polar surface area (TPSA) is 51.2 Å². The first-order valence-electron chi connectivity index (χ1n) is 4.07. The van der Waals surface area contributed by atoms with Crippen LogP contribution in [0.15, 0.2) is 23.1 Å². The number of Topliss-reactive ketones (excluding diaryl/α,β-unsaturated/α-hetero) is 1. The van der Waals surface area contributed by atoms with E-state index in [2.05, 4.69) is 0 Å². The van der Waals surface area contributed by atoms with Gasteiger partial charge < -0.3 is 0 Å².